The molecule has 2 heteroatoms. The molecule has 2 rings (SSSR count). The Morgan fingerprint density at radius 1 is 1.36 bits per heavy atom. The van der Waals surface area contributed by atoms with Gasteiger partial charge in [-0.3, -0.25) is 4.98 Å². The predicted molar refractivity (Wildman–Crippen MR) is 54.9 cm³/mol. The standard InChI is InChI=1S/C12H11NO/c14-10-12(7-3-1-4-8-12)11-6-2-5-9-13-11/h1-7,9-10H,8H2/t12-/m1/s1. The van der Waals surface area contributed by atoms with Crippen LogP contribution < -0.4 is 0 Å². The van der Waals surface area contributed by atoms with Crippen molar-refractivity contribution >= 4 is 6.29 Å². The summed E-state index contributed by atoms with van der Waals surface area (Å²) < 4.78 is 0. The lowest BCUT2D eigenvalue weighted by molar-refractivity contribution is -0.111. The first kappa shape index (κ1) is 8.88. The predicted octanol–water partition coefficient (Wildman–Crippen LogP) is 2.03. The first-order valence-corrected chi connectivity index (χ1v) is 4.60. The second-order valence-electron chi connectivity index (χ2n) is 3.36. The molecule has 1 aromatic rings. The van der Waals surface area contributed by atoms with Crippen molar-refractivity contribution in [1.29, 1.82) is 0 Å². The third kappa shape index (κ3) is 1.39. The van der Waals surface area contributed by atoms with Crippen LogP contribution in [0.4, 0.5) is 0 Å². The Labute approximate surface area is 83.0 Å². The first-order valence-electron chi connectivity index (χ1n) is 4.60. The van der Waals surface area contributed by atoms with Gasteiger partial charge in [-0.1, -0.05) is 30.4 Å². The van der Waals surface area contributed by atoms with Crippen LogP contribution in [-0.4, -0.2) is 11.3 Å². The third-order valence-corrected chi connectivity index (χ3v) is 2.45. The van der Waals surface area contributed by atoms with Crippen LogP contribution in [0, 0.1) is 0 Å². The SMILES string of the molecule is O=C[C@@]1(c2ccccn2)C=CC=CC1. The fourth-order valence-corrected chi connectivity index (χ4v) is 1.61. The van der Waals surface area contributed by atoms with Gasteiger partial charge in [0.05, 0.1) is 11.1 Å². The van der Waals surface area contributed by atoms with E-state index in [1.165, 1.54) is 0 Å². The Bertz CT molecular complexity index is 381. The zero-order valence-corrected chi connectivity index (χ0v) is 7.76. The van der Waals surface area contributed by atoms with E-state index >= 15 is 0 Å². The molecule has 0 bridgehead atoms. The van der Waals surface area contributed by atoms with Gasteiger partial charge in [0.2, 0.25) is 0 Å². The lowest BCUT2D eigenvalue weighted by Gasteiger charge is -2.23. The van der Waals surface area contributed by atoms with Crippen LogP contribution >= 0.6 is 0 Å². The first-order chi connectivity index (χ1) is 6.87. The van der Waals surface area contributed by atoms with E-state index < -0.39 is 5.41 Å². The topological polar surface area (TPSA) is 30.0 Å². The number of rotatable bonds is 2. The monoisotopic (exact) mass is 185 g/mol. The molecule has 0 spiro atoms. The van der Waals surface area contributed by atoms with Gasteiger partial charge in [-0.2, -0.15) is 0 Å². The van der Waals surface area contributed by atoms with Gasteiger partial charge in [0.25, 0.3) is 0 Å². The van der Waals surface area contributed by atoms with Gasteiger partial charge in [0.15, 0.2) is 0 Å². The molecule has 1 heterocycles. The van der Waals surface area contributed by atoms with Crippen molar-refractivity contribution in [2.45, 2.75) is 11.8 Å². The van der Waals surface area contributed by atoms with Crippen LogP contribution in [0.1, 0.15) is 12.1 Å². The molecule has 0 N–H and O–H groups in total. The summed E-state index contributed by atoms with van der Waals surface area (Å²) in [6, 6.07) is 5.64. The van der Waals surface area contributed by atoms with Crippen LogP contribution in [0.3, 0.4) is 0 Å². The van der Waals surface area contributed by atoms with Gasteiger partial charge in [0, 0.05) is 6.20 Å². The average Bonchev–Trinajstić information content (AvgIpc) is 2.31. The minimum atomic E-state index is -0.546. The van der Waals surface area contributed by atoms with Crippen LogP contribution in [0.2, 0.25) is 0 Å². The molecule has 1 aliphatic rings. The highest BCUT2D eigenvalue weighted by molar-refractivity contribution is 5.72. The van der Waals surface area contributed by atoms with E-state index in [1.807, 2.05) is 42.5 Å². The Hall–Kier alpha value is -1.70. The van der Waals surface area contributed by atoms with Crippen molar-refractivity contribution in [3.05, 3.63) is 54.4 Å². The van der Waals surface area contributed by atoms with Crippen LogP contribution in [0.5, 0.6) is 0 Å². The Kier molecular flexibility index (Phi) is 2.27. The summed E-state index contributed by atoms with van der Waals surface area (Å²) in [5, 5.41) is 0. The van der Waals surface area contributed by atoms with Gasteiger partial charge in [-0.05, 0) is 18.6 Å². The van der Waals surface area contributed by atoms with E-state index in [0.717, 1.165) is 12.0 Å². The molecule has 2 nitrogen and oxygen atoms in total. The molecule has 0 aromatic carbocycles. The molecule has 0 fully saturated rings. The van der Waals surface area contributed by atoms with Gasteiger partial charge < -0.3 is 4.79 Å². The molecule has 1 atom stereocenters. The number of allylic oxidation sites excluding steroid dienone is 4. The minimum absolute atomic E-state index is 0.546. The fraction of sp³-hybridized carbons (Fsp3) is 0.167. The zero-order chi connectivity index (χ0) is 9.86. The minimum Gasteiger partial charge on any atom is -0.302 e. The van der Waals surface area contributed by atoms with Crippen molar-refractivity contribution < 1.29 is 4.79 Å². The molecule has 0 saturated heterocycles. The second-order valence-corrected chi connectivity index (χ2v) is 3.36. The zero-order valence-electron chi connectivity index (χ0n) is 7.76. The van der Waals surface area contributed by atoms with Crippen molar-refractivity contribution in [1.82, 2.24) is 4.98 Å². The number of aldehydes is 1. The fourth-order valence-electron chi connectivity index (χ4n) is 1.61. The average molecular weight is 185 g/mol. The van der Waals surface area contributed by atoms with E-state index in [4.69, 9.17) is 0 Å². The molecule has 1 aromatic heterocycles. The molecule has 0 radical (unpaired) electrons. The highest BCUT2D eigenvalue weighted by atomic mass is 16.1. The summed E-state index contributed by atoms with van der Waals surface area (Å²) in [6.07, 6.45) is 11.1. The maximum absolute atomic E-state index is 11.2. The molecule has 0 saturated carbocycles. The van der Waals surface area contributed by atoms with E-state index in [-0.39, 0.29) is 0 Å². The number of hydrogen-bond donors (Lipinski definition) is 0. The number of nitrogens with zero attached hydrogens (tertiary/aromatic N) is 1. The highest BCUT2D eigenvalue weighted by Gasteiger charge is 2.29. The molecule has 0 amide bonds. The summed E-state index contributed by atoms with van der Waals surface area (Å²) in [5.41, 5.74) is 0.270. The molecular formula is C12H11NO. The van der Waals surface area contributed by atoms with E-state index in [9.17, 15) is 4.79 Å². The smallest absolute Gasteiger partial charge is 0.136 e. The summed E-state index contributed by atoms with van der Waals surface area (Å²) >= 11 is 0. The molecular weight excluding hydrogens is 174 g/mol. The summed E-state index contributed by atoms with van der Waals surface area (Å²) in [5.74, 6) is 0. The maximum atomic E-state index is 11.2. The lowest BCUT2D eigenvalue weighted by Crippen LogP contribution is -2.27. The van der Waals surface area contributed by atoms with Crippen LogP contribution in [-0.2, 0) is 10.2 Å². The van der Waals surface area contributed by atoms with Crippen molar-refractivity contribution in [2.75, 3.05) is 0 Å². The maximum Gasteiger partial charge on any atom is 0.136 e. The van der Waals surface area contributed by atoms with E-state index in [2.05, 4.69) is 4.98 Å². The van der Waals surface area contributed by atoms with Crippen molar-refractivity contribution in [2.24, 2.45) is 0 Å². The van der Waals surface area contributed by atoms with Crippen LogP contribution in [0.25, 0.3) is 0 Å². The van der Waals surface area contributed by atoms with Gasteiger partial charge in [-0.25, -0.2) is 0 Å². The van der Waals surface area contributed by atoms with Crippen molar-refractivity contribution in [3.63, 3.8) is 0 Å². The molecule has 0 aliphatic heterocycles. The number of carbonyl (C=O) groups excluding carboxylic acids is 1. The summed E-state index contributed by atoms with van der Waals surface area (Å²) in [4.78, 5) is 15.4. The Balaban J connectivity index is 2.44. The third-order valence-electron chi connectivity index (χ3n) is 2.45. The molecule has 14 heavy (non-hydrogen) atoms. The number of hydrogen-bond acceptors (Lipinski definition) is 2. The largest absolute Gasteiger partial charge is 0.302 e. The van der Waals surface area contributed by atoms with Gasteiger partial charge in [-0.15, -0.1) is 0 Å². The number of pyridine rings is 1. The number of aromatic nitrogens is 1. The lowest BCUT2D eigenvalue weighted by atomic mass is 9.80. The molecule has 1 aliphatic carbocycles. The Morgan fingerprint density at radius 3 is 2.86 bits per heavy atom. The normalized spacial score (nSPS) is 24.9. The van der Waals surface area contributed by atoms with Crippen LogP contribution in [0.15, 0.2) is 48.7 Å². The quantitative estimate of drug-likeness (QED) is 0.660. The highest BCUT2D eigenvalue weighted by Crippen LogP contribution is 2.28. The Morgan fingerprint density at radius 2 is 2.29 bits per heavy atom. The van der Waals surface area contributed by atoms with Gasteiger partial charge in [0.1, 0.15) is 6.29 Å². The molecule has 70 valence electrons. The van der Waals surface area contributed by atoms with E-state index in [1.54, 1.807) is 6.20 Å². The van der Waals surface area contributed by atoms with Crippen molar-refractivity contribution in [3.8, 4) is 0 Å². The number of carbonyl (C=O) groups is 1. The van der Waals surface area contributed by atoms with E-state index in [0.29, 0.717) is 6.42 Å². The summed E-state index contributed by atoms with van der Waals surface area (Å²) in [7, 11) is 0. The molecule has 0 unspecified atom stereocenters. The van der Waals surface area contributed by atoms with Gasteiger partial charge >= 0.3 is 0 Å². The second kappa shape index (κ2) is 3.58. The summed E-state index contributed by atoms with van der Waals surface area (Å²) in [6.45, 7) is 0.